The number of piperazine rings is 1. The summed E-state index contributed by atoms with van der Waals surface area (Å²) < 4.78 is 0. The van der Waals surface area contributed by atoms with Crippen LogP contribution in [0.5, 0.6) is 0 Å². The summed E-state index contributed by atoms with van der Waals surface area (Å²) in [6, 6.07) is 14.1. The third kappa shape index (κ3) is 4.89. The van der Waals surface area contributed by atoms with Gasteiger partial charge in [-0.2, -0.15) is 0 Å². The van der Waals surface area contributed by atoms with Gasteiger partial charge < -0.3 is 10.2 Å². The van der Waals surface area contributed by atoms with Gasteiger partial charge in [0.2, 0.25) is 0 Å². The van der Waals surface area contributed by atoms with Crippen LogP contribution in [0.3, 0.4) is 0 Å². The summed E-state index contributed by atoms with van der Waals surface area (Å²) in [5, 5.41) is 5.58. The molecule has 0 bridgehead atoms. The second kappa shape index (κ2) is 9.05. The van der Waals surface area contributed by atoms with Crippen molar-refractivity contribution in [1.29, 1.82) is 0 Å². The van der Waals surface area contributed by atoms with Gasteiger partial charge in [-0.3, -0.25) is 4.90 Å². The lowest BCUT2D eigenvalue weighted by atomic mass is 10.1. The van der Waals surface area contributed by atoms with E-state index in [-0.39, 0.29) is 0 Å². The Morgan fingerprint density at radius 3 is 2.19 bits per heavy atom. The zero-order chi connectivity index (χ0) is 18.5. The molecule has 3 rings (SSSR count). The van der Waals surface area contributed by atoms with Gasteiger partial charge in [0.25, 0.3) is 0 Å². The molecule has 2 aromatic rings. The lowest BCUT2D eigenvalue weighted by Crippen LogP contribution is -2.49. The smallest absolute Gasteiger partial charge is 0.173 e. The predicted octanol–water partition coefficient (Wildman–Crippen LogP) is 5.07. The number of nitrogens with one attached hydrogen (secondary N) is 1. The highest BCUT2D eigenvalue weighted by molar-refractivity contribution is 7.80. The van der Waals surface area contributed by atoms with Gasteiger partial charge in [0.05, 0.1) is 0 Å². The van der Waals surface area contributed by atoms with E-state index in [9.17, 15) is 0 Å². The van der Waals surface area contributed by atoms with Crippen LogP contribution in [0.4, 0.5) is 5.69 Å². The van der Waals surface area contributed by atoms with E-state index in [2.05, 4.69) is 46.3 Å². The van der Waals surface area contributed by atoms with E-state index in [0.717, 1.165) is 65.6 Å². The molecule has 0 spiro atoms. The average Bonchev–Trinajstić information content (AvgIpc) is 2.66. The molecule has 1 N–H and O–H groups in total. The van der Waals surface area contributed by atoms with Crippen LogP contribution in [-0.4, -0.2) is 41.1 Å². The zero-order valence-corrected chi connectivity index (χ0v) is 17.2. The number of hydrogen-bond acceptors (Lipinski definition) is 2. The molecule has 0 unspecified atom stereocenters. The number of thiocarbonyl (C=S) groups is 1. The Bertz CT molecular complexity index is 736. The second-order valence-corrected chi connectivity index (χ2v) is 7.65. The lowest BCUT2D eigenvalue weighted by molar-refractivity contribution is 0.177. The third-order valence-electron chi connectivity index (χ3n) is 4.72. The summed E-state index contributed by atoms with van der Waals surface area (Å²) in [6.07, 6.45) is 1.04. The van der Waals surface area contributed by atoms with Crippen LogP contribution in [0, 0.1) is 0 Å². The monoisotopic (exact) mass is 407 g/mol. The highest BCUT2D eigenvalue weighted by atomic mass is 35.5. The number of halogens is 2. The van der Waals surface area contributed by atoms with E-state index in [1.807, 2.05) is 18.2 Å². The molecule has 3 nitrogen and oxygen atoms in total. The van der Waals surface area contributed by atoms with Crippen LogP contribution < -0.4 is 5.32 Å². The van der Waals surface area contributed by atoms with Gasteiger partial charge in [-0.25, -0.2) is 0 Å². The minimum Gasteiger partial charge on any atom is -0.346 e. The van der Waals surface area contributed by atoms with Crippen molar-refractivity contribution in [3.8, 4) is 0 Å². The topological polar surface area (TPSA) is 18.5 Å². The molecule has 1 fully saturated rings. The van der Waals surface area contributed by atoms with Crippen LogP contribution in [0.25, 0.3) is 0 Å². The summed E-state index contributed by atoms with van der Waals surface area (Å²) in [6.45, 7) is 6.56. The van der Waals surface area contributed by atoms with Crippen LogP contribution in [-0.2, 0) is 13.0 Å². The normalized spacial score (nSPS) is 15.1. The molecular weight excluding hydrogens is 385 g/mol. The molecule has 0 atom stereocenters. The van der Waals surface area contributed by atoms with Crippen molar-refractivity contribution < 1.29 is 0 Å². The predicted molar refractivity (Wildman–Crippen MR) is 115 cm³/mol. The Kier molecular flexibility index (Phi) is 6.76. The molecule has 2 aromatic carbocycles. The van der Waals surface area contributed by atoms with Crippen molar-refractivity contribution in [1.82, 2.24) is 9.80 Å². The van der Waals surface area contributed by atoms with Gasteiger partial charge in [-0.05, 0) is 48.5 Å². The van der Waals surface area contributed by atoms with Crippen molar-refractivity contribution in [2.75, 3.05) is 31.5 Å². The van der Waals surface area contributed by atoms with Crippen LogP contribution in [0.15, 0.2) is 42.5 Å². The summed E-state index contributed by atoms with van der Waals surface area (Å²) in [7, 11) is 0. The summed E-state index contributed by atoms with van der Waals surface area (Å²) in [5.41, 5.74) is 3.37. The first kappa shape index (κ1) is 19.4. The standard InChI is InChI=1S/C20H23Cl2N3S/c1-2-15-6-8-16(9-7-15)23-20(26)25-12-10-24(11-13-25)14-17-18(21)4-3-5-19(17)22/h3-9H,2,10-14H2,1H3,(H,23,26). The highest BCUT2D eigenvalue weighted by Gasteiger charge is 2.20. The van der Waals surface area contributed by atoms with Crippen LogP contribution >= 0.6 is 35.4 Å². The number of nitrogens with zero attached hydrogens (tertiary/aromatic N) is 2. The molecule has 0 saturated carbocycles. The second-order valence-electron chi connectivity index (χ2n) is 6.44. The number of benzene rings is 2. The molecule has 0 aliphatic carbocycles. The third-order valence-corrected chi connectivity index (χ3v) is 5.78. The molecular formula is C20H23Cl2N3S. The average molecular weight is 408 g/mol. The highest BCUT2D eigenvalue weighted by Crippen LogP contribution is 2.26. The van der Waals surface area contributed by atoms with E-state index in [1.165, 1.54) is 5.56 Å². The fourth-order valence-corrected chi connectivity index (χ4v) is 3.86. The first-order chi connectivity index (χ1) is 12.6. The molecule has 6 heteroatoms. The van der Waals surface area contributed by atoms with Gasteiger partial charge in [-0.1, -0.05) is 48.3 Å². The first-order valence-electron chi connectivity index (χ1n) is 8.87. The van der Waals surface area contributed by atoms with Crippen molar-refractivity contribution in [3.63, 3.8) is 0 Å². The van der Waals surface area contributed by atoms with Crippen LogP contribution in [0.1, 0.15) is 18.1 Å². The fourth-order valence-electron chi connectivity index (χ4n) is 3.04. The molecule has 0 radical (unpaired) electrons. The summed E-state index contributed by atoms with van der Waals surface area (Å²) >= 11 is 18.2. The van der Waals surface area contributed by atoms with Crippen molar-refractivity contribution >= 4 is 46.2 Å². The van der Waals surface area contributed by atoms with E-state index >= 15 is 0 Å². The first-order valence-corrected chi connectivity index (χ1v) is 10.0. The van der Waals surface area contributed by atoms with Crippen LogP contribution in [0.2, 0.25) is 10.0 Å². The minimum atomic E-state index is 0.729. The molecule has 0 amide bonds. The van der Waals surface area contributed by atoms with E-state index < -0.39 is 0 Å². The molecule has 1 saturated heterocycles. The largest absolute Gasteiger partial charge is 0.346 e. The van der Waals surface area contributed by atoms with Gasteiger partial charge in [-0.15, -0.1) is 0 Å². The molecule has 138 valence electrons. The van der Waals surface area contributed by atoms with Gasteiger partial charge in [0.15, 0.2) is 5.11 Å². The Morgan fingerprint density at radius 1 is 1.00 bits per heavy atom. The van der Waals surface area contributed by atoms with Crippen molar-refractivity contribution in [2.45, 2.75) is 19.9 Å². The Hall–Kier alpha value is -1.33. The van der Waals surface area contributed by atoms with Gasteiger partial charge in [0, 0.05) is 54.0 Å². The number of aryl methyl sites for hydroxylation is 1. The summed E-state index contributed by atoms with van der Waals surface area (Å²) in [5.74, 6) is 0. The number of anilines is 1. The van der Waals surface area contributed by atoms with E-state index in [1.54, 1.807) is 0 Å². The Balaban J connectivity index is 1.52. The summed E-state index contributed by atoms with van der Waals surface area (Å²) in [4.78, 5) is 4.58. The molecule has 1 aliphatic rings. The Morgan fingerprint density at radius 2 is 1.62 bits per heavy atom. The van der Waals surface area contributed by atoms with Crippen molar-refractivity contribution in [2.24, 2.45) is 0 Å². The molecule has 1 heterocycles. The van der Waals surface area contributed by atoms with Crippen molar-refractivity contribution in [3.05, 3.63) is 63.6 Å². The Labute approximate surface area is 170 Å². The zero-order valence-electron chi connectivity index (χ0n) is 14.8. The molecule has 26 heavy (non-hydrogen) atoms. The molecule has 0 aromatic heterocycles. The van der Waals surface area contributed by atoms with E-state index in [0.29, 0.717) is 0 Å². The molecule has 1 aliphatic heterocycles. The van der Waals surface area contributed by atoms with E-state index in [4.69, 9.17) is 35.4 Å². The quantitative estimate of drug-likeness (QED) is 0.712. The van der Waals surface area contributed by atoms with Gasteiger partial charge in [0.1, 0.15) is 0 Å². The lowest BCUT2D eigenvalue weighted by Gasteiger charge is -2.36. The fraction of sp³-hybridized carbons (Fsp3) is 0.350. The SMILES string of the molecule is CCc1ccc(NC(=S)N2CCN(Cc3c(Cl)cccc3Cl)CC2)cc1. The van der Waals surface area contributed by atoms with Gasteiger partial charge >= 0.3 is 0 Å². The number of hydrogen-bond donors (Lipinski definition) is 1. The maximum atomic E-state index is 6.29. The maximum absolute atomic E-state index is 6.29. The minimum absolute atomic E-state index is 0.729. The maximum Gasteiger partial charge on any atom is 0.173 e. The number of rotatable bonds is 4.